The first-order valence-corrected chi connectivity index (χ1v) is 6.90. The molecule has 0 spiro atoms. The van der Waals surface area contributed by atoms with Crippen molar-refractivity contribution in [1.29, 1.82) is 5.41 Å². The molecule has 1 nitrogen and oxygen atoms in total. The fourth-order valence-electron chi connectivity index (χ4n) is 1.86. The highest BCUT2D eigenvalue weighted by molar-refractivity contribution is 5.79. The number of hydrogen-bond acceptors (Lipinski definition) is 1. The van der Waals surface area contributed by atoms with Crippen molar-refractivity contribution in [3.05, 3.63) is 35.4 Å². The molecule has 0 aliphatic carbocycles. The van der Waals surface area contributed by atoms with Gasteiger partial charge in [-0.3, -0.25) is 0 Å². The number of rotatable bonds is 3. The lowest BCUT2D eigenvalue weighted by Crippen LogP contribution is -2.09. The van der Waals surface area contributed by atoms with Gasteiger partial charge in [-0.15, -0.1) is 0 Å². The highest BCUT2D eigenvalue weighted by Crippen LogP contribution is 2.18. The highest BCUT2D eigenvalue weighted by atomic mass is 14.4. The number of aryl methyl sites for hydroxylation is 2. The smallest absolute Gasteiger partial charge is 0.00634 e. The van der Waals surface area contributed by atoms with E-state index in [9.17, 15) is 0 Å². The Kier molecular flexibility index (Phi) is 7.58. The molecular weight excluding hydrogens is 218 g/mol. The second kappa shape index (κ2) is 8.07. The third-order valence-corrected chi connectivity index (χ3v) is 2.60. The van der Waals surface area contributed by atoms with Crippen molar-refractivity contribution in [3.8, 4) is 0 Å². The maximum atomic E-state index is 7.15. The zero-order chi connectivity index (χ0) is 14.2. The predicted molar refractivity (Wildman–Crippen MR) is 82.7 cm³/mol. The first kappa shape index (κ1) is 16.9. The number of nitrogens with one attached hydrogen (secondary N) is 1. The Balaban J connectivity index is 0.000000331. The van der Waals surface area contributed by atoms with Gasteiger partial charge in [-0.2, -0.15) is 0 Å². The van der Waals surface area contributed by atoms with Gasteiger partial charge in [0.1, 0.15) is 0 Å². The standard InChI is InChI=1S/C10H14.C7H15N/c1-3-9-6-5-7-10(4-2)8-9;1-6(8)5-7(2,3)4/h5-8H,3-4H2,1-2H3;8H,5H2,1-4H3. The van der Waals surface area contributed by atoms with Gasteiger partial charge in [0.2, 0.25) is 0 Å². The van der Waals surface area contributed by atoms with E-state index in [1.165, 1.54) is 11.1 Å². The Hall–Kier alpha value is -1.11. The molecule has 1 aromatic rings. The lowest BCUT2D eigenvalue weighted by molar-refractivity contribution is 0.432. The van der Waals surface area contributed by atoms with E-state index in [1.807, 2.05) is 6.92 Å². The minimum Gasteiger partial charge on any atom is -0.310 e. The average molecular weight is 247 g/mol. The van der Waals surface area contributed by atoms with Crippen LogP contribution in [-0.2, 0) is 12.8 Å². The van der Waals surface area contributed by atoms with Gasteiger partial charge in [0.25, 0.3) is 0 Å². The summed E-state index contributed by atoms with van der Waals surface area (Å²) < 4.78 is 0. The first-order chi connectivity index (χ1) is 8.28. The molecule has 102 valence electrons. The lowest BCUT2D eigenvalue weighted by atomic mass is 9.90. The van der Waals surface area contributed by atoms with E-state index in [2.05, 4.69) is 58.9 Å². The van der Waals surface area contributed by atoms with Gasteiger partial charge in [-0.1, -0.05) is 58.9 Å². The molecule has 0 bridgehead atoms. The minimum atomic E-state index is 0.297. The summed E-state index contributed by atoms with van der Waals surface area (Å²) >= 11 is 0. The molecule has 1 heteroatoms. The van der Waals surface area contributed by atoms with Gasteiger partial charge in [-0.05, 0) is 42.7 Å². The van der Waals surface area contributed by atoms with Crippen LogP contribution in [0.4, 0.5) is 0 Å². The van der Waals surface area contributed by atoms with Gasteiger partial charge in [-0.25, -0.2) is 0 Å². The molecule has 0 aromatic heterocycles. The van der Waals surface area contributed by atoms with E-state index in [0.29, 0.717) is 5.41 Å². The summed E-state index contributed by atoms with van der Waals surface area (Å²) in [6, 6.07) is 8.77. The molecule has 0 aliphatic heterocycles. The van der Waals surface area contributed by atoms with Gasteiger partial charge in [0.15, 0.2) is 0 Å². The van der Waals surface area contributed by atoms with Gasteiger partial charge in [0.05, 0.1) is 0 Å². The monoisotopic (exact) mass is 247 g/mol. The van der Waals surface area contributed by atoms with Crippen molar-refractivity contribution in [1.82, 2.24) is 0 Å². The van der Waals surface area contributed by atoms with E-state index < -0.39 is 0 Å². The Morgan fingerprint density at radius 2 is 1.50 bits per heavy atom. The van der Waals surface area contributed by atoms with Crippen molar-refractivity contribution in [2.24, 2.45) is 5.41 Å². The van der Waals surface area contributed by atoms with Crippen LogP contribution in [0.5, 0.6) is 0 Å². The topological polar surface area (TPSA) is 23.9 Å². The zero-order valence-electron chi connectivity index (χ0n) is 12.9. The number of benzene rings is 1. The Bertz CT molecular complexity index is 339. The van der Waals surface area contributed by atoms with Crippen LogP contribution in [-0.4, -0.2) is 5.71 Å². The van der Waals surface area contributed by atoms with E-state index in [1.54, 1.807) is 0 Å². The predicted octanol–water partition coefficient (Wildman–Crippen LogP) is 5.27. The molecular formula is C17H29N. The molecule has 0 unspecified atom stereocenters. The van der Waals surface area contributed by atoms with Crippen molar-refractivity contribution < 1.29 is 0 Å². The highest BCUT2D eigenvalue weighted by Gasteiger charge is 2.09. The fourth-order valence-corrected chi connectivity index (χ4v) is 1.86. The van der Waals surface area contributed by atoms with Crippen molar-refractivity contribution in [3.63, 3.8) is 0 Å². The van der Waals surface area contributed by atoms with Crippen molar-refractivity contribution in [2.45, 2.75) is 60.8 Å². The third-order valence-electron chi connectivity index (χ3n) is 2.60. The molecule has 1 rings (SSSR count). The summed E-state index contributed by atoms with van der Waals surface area (Å²) in [4.78, 5) is 0. The maximum Gasteiger partial charge on any atom is 0.00634 e. The molecule has 0 atom stereocenters. The summed E-state index contributed by atoms with van der Waals surface area (Å²) in [5.41, 5.74) is 3.96. The van der Waals surface area contributed by atoms with Crippen LogP contribution >= 0.6 is 0 Å². The number of hydrogen-bond donors (Lipinski definition) is 1. The molecule has 0 fully saturated rings. The Labute approximate surface area is 113 Å². The summed E-state index contributed by atoms with van der Waals surface area (Å²) in [5.74, 6) is 0. The van der Waals surface area contributed by atoms with Gasteiger partial charge >= 0.3 is 0 Å². The van der Waals surface area contributed by atoms with Crippen LogP contribution in [0.15, 0.2) is 24.3 Å². The summed E-state index contributed by atoms with van der Waals surface area (Å²) in [6.45, 7) is 12.7. The van der Waals surface area contributed by atoms with Crippen molar-refractivity contribution in [2.75, 3.05) is 0 Å². The van der Waals surface area contributed by atoms with Gasteiger partial charge < -0.3 is 5.41 Å². The summed E-state index contributed by atoms with van der Waals surface area (Å²) in [7, 11) is 0. The van der Waals surface area contributed by atoms with E-state index in [0.717, 1.165) is 25.0 Å². The quantitative estimate of drug-likeness (QED) is 0.703. The Morgan fingerprint density at radius 3 is 1.72 bits per heavy atom. The van der Waals surface area contributed by atoms with E-state index >= 15 is 0 Å². The van der Waals surface area contributed by atoms with Crippen LogP contribution in [0.1, 0.15) is 59.1 Å². The van der Waals surface area contributed by atoms with Crippen LogP contribution in [0.25, 0.3) is 0 Å². The van der Waals surface area contributed by atoms with Crippen LogP contribution in [0.3, 0.4) is 0 Å². The van der Waals surface area contributed by atoms with E-state index in [-0.39, 0.29) is 0 Å². The maximum absolute atomic E-state index is 7.15. The molecule has 0 saturated carbocycles. The lowest BCUT2D eigenvalue weighted by Gasteiger charge is -2.16. The average Bonchev–Trinajstić information content (AvgIpc) is 2.26. The molecule has 0 radical (unpaired) electrons. The molecule has 0 heterocycles. The summed E-state index contributed by atoms with van der Waals surface area (Å²) in [5, 5.41) is 7.15. The molecule has 0 amide bonds. The fraction of sp³-hybridized carbons (Fsp3) is 0.588. The zero-order valence-corrected chi connectivity index (χ0v) is 12.9. The molecule has 0 aliphatic rings. The molecule has 1 N–H and O–H groups in total. The minimum absolute atomic E-state index is 0.297. The molecule has 0 saturated heterocycles. The first-order valence-electron chi connectivity index (χ1n) is 6.90. The molecule has 1 aromatic carbocycles. The third kappa shape index (κ3) is 8.98. The van der Waals surface area contributed by atoms with Gasteiger partial charge in [0, 0.05) is 5.71 Å². The normalized spacial score (nSPS) is 10.6. The van der Waals surface area contributed by atoms with Crippen molar-refractivity contribution >= 4 is 5.71 Å². The second-order valence-electron chi connectivity index (χ2n) is 6.04. The van der Waals surface area contributed by atoms with Crippen LogP contribution in [0.2, 0.25) is 0 Å². The largest absolute Gasteiger partial charge is 0.310 e. The van der Waals surface area contributed by atoms with E-state index in [4.69, 9.17) is 5.41 Å². The molecule has 18 heavy (non-hydrogen) atoms. The Morgan fingerprint density at radius 1 is 1.06 bits per heavy atom. The summed E-state index contributed by atoms with van der Waals surface area (Å²) in [6.07, 6.45) is 3.20. The van der Waals surface area contributed by atoms with Crippen LogP contribution in [0, 0.1) is 10.8 Å². The van der Waals surface area contributed by atoms with Crippen LogP contribution < -0.4 is 0 Å². The SMILES string of the molecule is CC(=N)CC(C)(C)C.CCc1cccc(CC)c1. The second-order valence-corrected chi connectivity index (χ2v) is 6.04.